The highest BCUT2D eigenvalue weighted by atomic mass is 19.2. The highest BCUT2D eigenvalue weighted by Gasteiger charge is 2.24. The number of halogens is 2. The molecule has 2 heterocycles. The van der Waals surface area contributed by atoms with Crippen molar-refractivity contribution in [3.63, 3.8) is 0 Å². The third-order valence-electron chi connectivity index (χ3n) is 2.98. The summed E-state index contributed by atoms with van der Waals surface area (Å²) in [5.41, 5.74) is 0.100. The molecule has 1 aromatic carbocycles. The van der Waals surface area contributed by atoms with E-state index in [1.807, 2.05) is 0 Å². The number of hydrogen-bond donors (Lipinski definition) is 0. The molecule has 0 N–H and O–H groups in total. The average Bonchev–Trinajstić information content (AvgIpc) is 2.72. The van der Waals surface area contributed by atoms with E-state index in [-0.39, 0.29) is 11.2 Å². The SMILES string of the molecule is O=C(c1ccccc1)c1c(F)c(F)c2ccccn12. The van der Waals surface area contributed by atoms with Gasteiger partial charge in [-0.1, -0.05) is 36.4 Å². The molecule has 3 aromatic rings. The summed E-state index contributed by atoms with van der Waals surface area (Å²) in [7, 11) is 0. The van der Waals surface area contributed by atoms with Crippen LogP contribution in [0.25, 0.3) is 5.52 Å². The van der Waals surface area contributed by atoms with E-state index in [2.05, 4.69) is 0 Å². The number of pyridine rings is 1. The molecule has 0 bridgehead atoms. The molecule has 3 rings (SSSR count). The highest BCUT2D eigenvalue weighted by molar-refractivity contribution is 6.08. The molecule has 0 spiro atoms. The van der Waals surface area contributed by atoms with Crippen LogP contribution < -0.4 is 0 Å². The normalized spacial score (nSPS) is 10.8. The van der Waals surface area contributed by atoms with Crippen LogP contribution in [0.15, 0.2) is 54.7 Å². The molecule has 0 saturated heterocycles. The van der Waals surface area contributed by atoms with Crippen molar-refractivity contribution in [2.75, 3.05) is 0 Å². The molecular weight excluding hydrogens is 248 g/mol. The molecule has 2 nitrogen and oxygen atoms in total. The van der Waals surface area contributed by atoms with Gasteiger partial charge in [-0.3, -0.25) is 4.79 Å². The standard InChI is InChI=1S/C15H9F2NO/c16-12-11-8-4-5-9-18(11)14(13(12)17)15(19)10-6-2-1-3-7-10/h1-9H. The number of benzene rings is 1. The van der Waals surface area contributed by atoms with Crippen LogP contribution in [0, 0.1) is 11.6 Å². The van der Waals surface area contributed by atoms with E-state index in [4.69, 9.17) is 0 Å². The first kappa shape index (κ1) is 11.6. The van der Waals surface area contributed by atoms with Gasteiger partial charge in [-0.25, -0.2) is 8.78 Å². The van der Waals surface area contributed by atoms with Gasteiger partial charge in [-0.2, -0.15) is 0 Å². The largest absolute Gasteiger partial charge is 0.308 e. The van der Waals surface area contributed by atoms with Crippen molar-refractivity contribution in [3.05, 3.63) is 77.6 Å². The number of ketones is 1. The van der Waals surface area contributed by atoms with Gasteiger partial charge in [-0.05, 0) is 12.1 Å². The van der Waals surface area contributed by atoms with Crippen LogP contribution in [0.1, 0.15) is 16.1 Å². The summed E-state index contributed by atoms with van der Waals surface area (Å²) in [6.45, 7) is 0. The van der Waals surface area contributed by atoms with Crippen molar-refractivity contribution in [1.82, 2.24) is 4.40 Å². The second-order valence-electron chi connectivity index (χ2n) is 4.13. The van der Waals surface area contributed by atoms with Gasteiger partial charge in [0.05, 0.1) is 5.52 Å². The van der Waals surface area contributed by atoms with E-state index in [9.17, 15) is 13.6 Å². The van der Waals surface area contributed by atoms with Crippen molar-refractivity contribution in [1.29, 1.82) is 0 Å². The van der Waals surface area contributed by atoms with Crippen molar-refractivity contribution in [3.8, 4) is 0 Å². The zero-order valence-corrected chi connectivity index (χ0v) is 9.81. The number of nitrogens with zero attached hydrogens (tertiary/aromatic N) is 1. The number of rotatable bonds is 2. The highest BCUT2D eigenvalue weighted by Crippen LogP contribution is 2.22. The first-order valence-electron chi connectivity index (χ1n) is 5.74. The summed E-state index contributed by atoms with van der Waals surface area (Å²) in [5.74, 6) is -2.65. The Morgan fingerprint density at radius 3 is 2.32 bits per heavy atom. The van der Waals surface area contributed by atoms with Gasteiger partial charge in [0, 0.05) is 11.8 Å². The Hall–Kier alpha value is -2.49. The van der Waals surface area contributed by atoms with Gasteiger partial charge in [0.15, 0.2) is 11.6 Å². The zero-order valence-electron chi connectivity index (χ0n) is 9.81. The van der Waals surface area contributed by atoms with Crippen molar-refractivity contribution in [2.24, 2.45) is 0 Å². The topological polar surface area (TPSA) is 21.5 Å². The maximum Gasteiger partial charge on any atom is 0.212 e. The Kier molecular flexibility index (Phi) is 2.63. The number of fused-ring (bicyclic) bond motifs is 1. The van der Waals surface area contributed by atoms with Gasteiger partial charge in [0.2, 0.25) is 5.78 Å². The lowest BCUT2D eigenvalue weighted by Crippen LogP contribution is -2.07. The predicted molar refractivity (Wildman–Crippen MR) is 67.2 cm³/mol. The van der Waals surface area contributed by atoms with E-state index in [1.54, 1.807) is 42.5 Å². The molecule has 0 aliphatic carbocycles. The first-order chi connectivity index (χ1) is 9.20. The summed E-state index contributed by atoms with van der Waals surface area (Å²) in [6.07, 6.45) is 1.47. The molecule has 0 aliphatic heterocycles. The molecule has 0 fully saturated rings. The molecular formula is C15H9F2NO. The Bertz CT molecular complexity index is 762. The van der Waals surface area contributed by atoms with Crippen molar-refractivity contribution in [2.45, 2.75) is 0 Å². The quantitative estimate of drug-likeness (QED) is 0.644. The minimum absolute atomic E-state index is 0.0549. The first-order valence-corrected chi connectivity index (χ1v) is 5.74. The number of aromatic nitrogens is 1. The number of carbonyl (C=O) groups is 1. The minimum Gasteiger partial charge on any atom is -0.308 e. The number of hydrogen-bond acceptors (Lipinski definition) is 1. The lowest BCUT2D eigenvalue weighted by atomic mass is 10.1. The summed E-state index contributed by atoms with van der Waals surface area (Å²) >= 11 is 0. The fourth-order valence-electron chi connectivity index (χ4n) is 2.07. The van der Waals surface area contributed by atoms with E-state index in [0.29, 0.717) is 5.56 Å². The summed E-state index contributed by atoms with van der Waals surface area (Å²) in [4.78, 5) is 12.3. The van der Waals surface area contributed by atoms with Crippen LogP contribution in [0.3, 0.4) is 0 Å². The lowest BCUT2D eigenvalue weighted by molar-refractivity contribution is 0.102. The van der Waals surface area contributed by atoms with Gasteiger partial charge in [0.1, 0.15) is 5.69 Å². The third kappa shape index (κ3) is 1.73. The lowest BCUT2D eigenvalue weighted by Gasteiger charge is -2.01. The fraction of sp³-hybridized carbons (Fsp3) is 0. The molecule has 4 heteroatoms. The predicted octanol–water partition coefficient (Wildman–Crippen LogP) is 3.45. The molecule has 0 amide bonds. The van der Waals surface area contributed by atoms with Crippen molar-refractivity contribution >= 4 is 11.3 Å². The van der Waals surface area contributed by atoms with Gasteiger partial charge in [-0.15, -0.1) is 0 Å². The molecule has 0 radical (unpaired) electrons. The number of carbonyl (C=O) groups excluding carboxylic acids is 1. The van der Waals surface area contributed by atoms with Crippen LogP contribution in [0.2, 0.25) is 0 Å². The summed E-state index contributed by atoms with van der Waals surface area (Å²) < 4.78 is 28.9. The Morgan fingerprint density at radius 2 is 1.58 bits per heavy atom. The van der Waals surface area contributed by atoms with E-state index in [0.717, 1.165) is 0 Å². The van der Waals surface area contributed by atoms with Gasteiger partial charge < -0.3 is 4.40 Å². The molecule has 0 atom stereocenters. The monoisotopic (exact) mass is 257 g/mol. The average molecular weight is 257 g/mol. The Labute approximate surface area is 107 Å². The van der Waals surface area contributed by atoms with Crippen LogP contribution in [0.4, 0.5) is 8.78 Å². The van der Waals surface area contributed by atoms with Crippen LogP contribution in [-0.4, -0.2) is 10.2 Å². The maximum absolute atomic E-state index is 13.9. The molecule has 2 aromatic heterocycles. The minimum atomic E-state index is -1.11. The molecule has 19 heavy (non-hydrogen) atoms. The second kappa shape index (κ2) is 4.31. The van der Waals surface area contributed by atoms with Crippen LogP contribution in [-0.2, 0) is 0 Å². The molecule has 94 valence electrons. The smallest absolute Gasteiger partial charge is 0.212 e. The zero-order chi connectivity index (χ0) is 13.4. The van der Waals surface area contributed by atoms with E-state index >= 15 is 0 Å². The third-order valence-corrected chi connectivity index (χ3v) is 2.98. The van der Waals surface area contributed by atoms with E-state index in [1.165, 1.54) is 16.7 Å². The Morgan fingerprint density at radius 1 is 0.895 bits per heavy atom. The van der Waals surface area contributed by atoms with Gasteiger partial charge in [0.25, 0.3) is 0 Å². The maximum atomic E-state index is 13.9. The Balaban J connectivity index is 2.26. The molecule has 0 saturated carbocycles. The van der Waals surface area contributed by atoms with Crippen molar-refractivity contribution < 1.29 is 13.6 Å². The second-order valence-corrected chi connectivity index (χ2v) is 4.13. The summed E-state index contributed by atoms with van der Waals surface area (Å²) in [6, 6.07) is 12.9. The fourth-order valence-corrected chi connectivity index (χ4v) is 2.07. The van der Waals surface area contributed by atoms with Crippen LogP contribution in [0.5, 0.6) is 0 Å². The summed E-state index contributed by atoms with van der Waals surface area (Å²) in [5, 5.41) is 0. The molecule has 0 aliphatic rings. The molecule has 0 unspecified atom stereocenters. The van der Waals surface area contributed by atoms with Gasteiger partial charge >= 0.3 is 0 Å². The van der Waals surface area contributed by atoms with E-state index < -0.39 is 17.4 Å². The van der Waals surface area contributed by atoms with Crippen LogP contribution >= 0.6 is 0 Å².